The lowest BCUT2D eigenvalue weighted by atomic mass is 10.3. The van der Waals surface area contributed by atoms with Crippen LogP contribution >= 0.6 is 0 Å². The number of amides is 1. The smallest absolute Gasteiger partial charge is 0.245 e. The summed E-state index contributed by atoms with van der Waals surface area (Å²) in [7, 11) is 1.58. The number of benzene rings is 1. The molecule has 1 amide bonds. The van der Waals surface area contributed by atoms with E-state index < -0.39 is 12.5 Å². The Labute approximate surface area is 94.0 Å². The number of carbonyl (C=O) groups is 1. The molecule has 1 aromatic rings. The maximum Gasteiger partial charge on any atom is 0.245 e. The van der Waals surface area contributed by atoms with E-state index in [1.54, 1.807) is 19.2 Å². The van der Waals surface area contributed by atoms with Crippen LogP contribution in [0.5, 0.6) is 11.5 Å². The topological polar surface area (TPSA) is 67.8 Å². The third-order valence-corrected chi connectivity index (χ3v) is 1.88. The van der Waals surface area contributed by atoms with Crippen LogP contribution in [0.15, 0.2) is 24.3 Å². The van der Waals surface area contributed by atoms with Crippen LogP contribution < -0.4 is 14.8 Å². The van der Waals surface area contributed by atoms with Crippen molar-refractivity contribution in [2.24, 2.45) is 0 Å². The van der Waals surface area contributed by atoms with Gasteiger partial charge in [-0.15, -0.1) is 0 Å². The van der Waals surface area contributed by atoms with Gasteiger partial charge in [-0.1, -0.05) is 6.07 Å². The fourth-order valence-corrected chi connectivity index (χ4v) is 1.11. The molecule has 0 aliphatic heterocycles. The molecule has 0 aliphatic rings. The van der Waals surface area contributed by atoms with Crippen LogP contribution in [0.3, 0.4) is 0 Å². The highest BCUT2D eigenvalue weighted by Gasteiger charge is 1.98. The van der Waals surface area contributed by atoms with E-state index in [1.165, 1.54) is 0 Å². The lowest BCUT2D eigenvalue weighted by molar-refractivity contribution is -0.123. The lowest BCUT2D eigenvalue weighted by Gasteiger charge is -2.08. The van der Waals surface area contributed by atoms with Crippen molar-refractivity contribution >= 4 is 5.91 Å². The summed E-state index contributed by atoms with van der Waals surface area (Å²) >= 11 is 0. The number of methoxy groups -OCH3 is 1. The molecular weight excluding hydrogens is 210 g/mol. The van der Waals surface area contributed by atoms with E-state index in [4.69, 9.17) is 14.6 Å². The molecule has 1 aromatic carbocycles. The Morgan fingerprint density at radius 3 is 2.88 bits per heavy atom. The molecule has 0 atom stereocenters. The van der Waals surface area contributed by atoms with Crippen molar-refractivity contribution in [1.82, 2.24) is 5.32 Å². The molecule has 0 saturated carbocycles. The van der Waals surface area contributed by atoms with Gasteiger partial charge in [-0.25, -0.2) is 0 Å². The van der Waals surface area contributed by atoms with E-state index in [-0.39, 0.29) is 0 Å². The van der Waals surface area contributed by atoms with E-state index >= 15 is 0 Å². The molecule has 0 spiro atoms. The number of ether oxygens (including phenoxy) is 2. The molecule has 0 saturated heterocycles. The lowest BCUT2D eigenvalue weighted by Crippen LogP contribution is -2.30. The molecule has 0 radical (unpaired) electrons. The Morgan fingerprint density at radius 1 is 1.44 bits per heavy atom. The second kappa shape index (κ2) is 6.68. The molecule has 0 unspecified atom stereocenters. The van der Waals surface area contributed by atoms with Gasteiger partial charge in [-0.2, -0.15) is 0 Å². The molecule has 16 heavy (non-hydrogen) atoms. The number of nitrogens with one attached hydrogen (secondary N) is 1. The van der Waals surface area contributed by atoms with Gasteiger partial charge in [0.05, 0.1) is 13.7 Å². The van der Waals surface area contributed by atoms with E-state index in [1.807, 2.05) is 12.1 Å². The SMILES string of the molecule is COc1cccc(OCCNC(=O)CO)c1. The number of rotatable bonds is 6. The number of aliphatic hydroxyl groups is 1. The van der Waals surface area contributed by atoms with Crippen LogP contribution in [0.1, 0.15) is 0 Å². The van der Waals surface area contributed by atoms with E-state index in [2.05, 4.69) is 5.32 Å². The highest BCUT2D eigenvalue weighted by molar-refractivity contribution is 5.76. The van der Waals surface area contributed by atoms with Crippen LogP contribution in [-0.2, 0) is 4.79 Å². The fraction of sp³-hybridized carbons (Fsp3) is 0.364. The molecule has 0 fully saturated rings. The van der Waals surface area contributed by atoms with Crippen LogP contribution in [0.2, 0.25) is 0 Å². The molecule has 88 valence electrons. The normalized spacial score (nSPS) is 9.62. The standard InChI is InChI=1S/C11H15NO4/c1-15-9-3-2-4-10(7-9)16-6-5-12-11(14)8-13/h2-4,7,13H,5-6,8H2,1H3,(H,12,14). The van der Waals surface area contributed by atoms with Crippen molar-refractivity contribution in [1.29, 1.82) is 0 Å². The van der Waals surface area contributed by atoms with Gasteiger partial charge in [0.2, 0.25) is 5.91 Å². The maximum atomic E-state index is 10.7. The summed E-state index contributed by atoms with van der Waals surface area (Å²) in [5.74, 6) is 0.990. The van der Waals surface area contributed by atoms with E-state index in [9.17, 15) is 4.79 Å². The zero-order valence-corrected chi connectivity index (χ0v) is 9.10. The number of carbonyl (C=O) groups excluding carboxylic acids is 1. The van der Waals surface area contributed by atoms with Gasteiger partial charge in [-0.05, 0) is 12.1 Å². The summed E-state index contributed by atoms with van der Waals surface area (Å²) in [6.45, 7) is 0.203. The van der Waals surface area contributed by atoms with Crippen molar-refractivity contribution in [3.8, 4) is 11.5 Å². The molecule has 5 nitrogen and oxygen atoms in total. The van der Waals surface area contributed by atoms with Gasteiger partial charge in [0, 0.05) is 6.07 Å². The predicted molar refractivity (Wildman–Crippen MR) is 58.6 cm³/mol. The van der Waals surface area contributed by atoms with Crippen molar-refractivity contribution in [3.63, 3.8) is 0 Å². The highest BCUT2D eigenvalue weighted by Crippen LogP contribution is 2.18. The average molecular weight is 225 g/mol. The van der Waals surface area contributed by atoms with Crippen molar-refractivity contribution in [3.05, 3.63) is 24.3 Å². The number of hydrogen-bond acceptors (Lipinski definition) is 4. The first-order valence-corrected chi connectivity index (χ1v) is 4.90. The van der Waals surface area contributed by atoms with Crippen molar-refractivity contribution in [2.45, 2.75) is 0 Å². The largest absolute Gasteiger partial charge is 0.497 e. The number of hydrogen-bond donors (Lipinski definition) is 2. The van der Waals surface area contributed by atoms with Crippen LogP contribution in [0, 0.1) is 0 Å². The Kier molecular flexibility index (Phi) is 5.15. The van der Waals surface area contributed by atoms with Gasteiger partial charge in [-0.3, -0.25) is 4.79 Å². The molecule has 0 aromatic heterocycles. The van der Waals surface area contributed by atoms with Gasteiger partial charge >= 0.3 is 0 Å². The van der Waals surface area contributed by atoms with Crippen LogP contribution in [0.4, 0.5) is 0 Å². The molecule has 0 heterocycles. The van der Waals surface area contributed by atoms with Gasteiger partial charge in [0.15, 0.2) is 0 Å². The minimum atomic E-state index is -0.501. The second-order valence-corrected chi connectivity index (χ2v) is 3.04. The van der Waals surface area contributed by atoms with E-state index in [0.29, 0.717) is 18.9 Å². The summed E-state index contributed by atoms with van der Waals surface area (Å²) in [6.07, 6.45) is 0. The minimum absolute atomic E-state index is 0.346. The molecule has 5 heteroatoms. The summed E-state index contributed by atoms with van der Waals surface area (Å²) < 4.78 is 10.4. The Morgan fingerprint density at radius 2 is 2.19 bits per heavy atom. The molecule has 2 N–H and O–H groups in total. The van der Waals surface area contributed by atoms with E-state index in [0.717, 1.165) is 5.75 Å². The quantitative estimate of drug-likeness (QED) is 0.678. The van der Waals surface area contributed by atoms with Crippen LogP contribution in [0.25, 0.3) is 0 Å². The maximum absolute atomic E-state index is 10.7. The molecular formula is C11H15NO4. The van der Waals surface area contributed by atoms with Gasteiger partial charge < -0.3 is 19.9 Å². The van der Waals surface area contributed by atoms with Gasteiger partial charge in [0.1, 0.15) is 24.7 Å². The van der Waals surface area contributed by atoms with Crippen molar-refractivity contribution in [2.75, 3.05) is 26.9 Å². The van der Waals surface area contributed by atoms with Gasteiger partial charge in [0.25, 0.3) is 0 Å². The monoisotopic (exact) mass is 225 g/mol. The van der Waals surface area contributed by atoms with Crippen molar-refractivity contribution < 1.29 is 19.4 Å². The fourth-order valence-electron chi connectivity index (χ4n) is 1.11. The van der Waals surface area contributed by atoms with Crippen LogP contribution in [-0.4, -0.2) is 37.9 Å². The summed E-state index contributed by atoms with van der Waals surface area (Å²) in [5, 5.41) is 10.9. The number of aliphatic hydroxyl groups excluding tert-OH is 1. The Balaban J connectivity index is 2.28. The Bertz CT molecular complexity index is 341. The first kappa shape index (κ1) is 12.3. The highest BCUT2D eigenvalue weighted by atomic mass is 16.5. The second-order valence-electron chi connectivity index (χ2n) is 3.04. The predicted octanol–water partition coefficient (Wildman–Crippen LogP) is 0.182. The molecule has 1 rings (SSSR count). The zero-order valence-electron chi connectivity index (χ0n) is 9.10. The first-order chi connectivity index (χ1) is 7.76. The minimum Gasteiger partial charge on any atom is -0.497 e. The average Bonchev–Trinajstić information content (AvgIpc) is 2.34. The zero-order chi connectivity index (χ0) is 11.8. The first-order valence-electron chi connectivity index (χ1n) is 4.90. The Hall–Kier alpha value is -1.75. The summed E-state index contributed by atoms with van der Waals surface area (Å²) in [4.78, 5) is 10.7. The third kappa shape index (κ3) is 4.18. The summed E-state index contributed by atoms with van der Waals surface area (Å²) in [5.41, 5.74) is 0. The molecule has 0 aliphatic carbocycles. The third-order valence-electron chi connectivity index (χ3n) is 1.88. The summed E-state index contributed by atoms with van der Waals surface area (Å²) in [6, 6.07) is 7.20. The molecule has 0 bridgehead atoms.